The van der Waals surface area contributed by atoms with E-state index in [1.54, 1.807) is 4.90 Å². The zero-order chi connectivity index (χ0) is 15.9. The molecule has 0 saturated carbocycles. The number of urea groups is 1. The second-order valence-electron chi connectivity index (χ2n) is 5.24. The van der Waals surface area contributed by atoms with Crippen molar-refractivity contribution in [3.05, 3.63) is 35.4 Å². The number of amides is 3. The second kappa shape index (κ2) is 9.34. The van der Waals surface area contributed by atoms with Crippen LogP contribution in [0.5, 0.6) is 0 Å². The predicted molar refractivity (Wildman–Crippen MR) is 88.7 cm³/mol. The van der Waals surface area contributed by atoms with Crippen LogP contribution in [0, 0.1) is 0 Å². The van der Waals surface area contributed by atoms with Crippen molar-refractivity contribution >= 4 is 24.3 Å². The molecule has 0 unspecified atom stereocenters. The molecule has 1 aliphatic heterocycles. The highest BCUT2D eigenvalue weighted by molar-refractivity contribution is 5.85. The monoisotopic (exact) mass is 342 g/mol. The first kappa shape index (κ1) is 19.2. The summed E-state index contributed by atoms with van der Waals surface area (Å²) < 4.78 is 5.22. The van der Waals surface area contributed by atoms with Gasteiger partial charge in [0.25, 0.3) is 0 Å². The zero-order valence-electron chi connectivity index (χ0n) is 13.2. The molecule has 1 aromatic rings. The molecule has 8 heteroatoms. The first-order chi connectivity index (χ1) is 10.6. The molecule has 128 valence electrons. The van der Waals surface area contributed by atoms with Gasteiger partial charge in [0.05, 0.1) is 19.8 Å². The van der Waals surface area contributed by atoms with E-state index in [9.17, 15) is 9.59 Å². The van der Waals surface area contributed by atoms with Crippen LogP contribution in [0.1, 0.15) is 18.1 Å². The van der Waals surface area contributed by atoms with E-state index in [0.717, 1.165) is 11.1 Å². The van der Waals surface area contributed by atoms with Gasteiger partial charge in [0.15, 0.2) is 0 Å². The maximum Gasteiger partial charge on any atom is 0.334 e. The van der Waals surface area contributed by atoms with Crippen molar-refractivity contribution in [3.63, 3.8) is 0 Å². The van der Waals surface area contributed by atoms with Crippen molar-refractivity contribution in [2.75, 3.05) is 26.3 Å². The van der Waals surface area contributed by atoms with Crippen molar-refractivity contribution in [1.82, 2.24) is 15.2 Å². The van der Waals surface area contributed by atoms with Crippen LogP contribution in [0.25, 0.3) is 0 Å². The van der Waals surface area contributed by atoms with Crippen LogP contribution in [0.3, 0.4) is 0 Å². The van der Waals surface area contributed by atoms with Gasteiger partial charge in [0.2, 0.25) is 5.91 Å². The third-order valence-electron chi connectivity index (χ3n) is 3.44. The van der Waals surface area contributed by atoms with E-state index in [4.69, 9.17) is 10.6 Å². The molecule has 3 N–H and O–H groups in total. The highest BCUT2D eigenvalue weighted by Gasteiger charge is 2.20. The minimum Gasteiger partial charge on any atom is -0.378 e. The average molecular weight is 343 g/mol. The molecule has 0 spiro atoms. The van der Waals surface area contributed by atoms with Crippen LogP contribution in [0.2, 0.25) is 0 Å². The third kappa shape index (κ3) is 6.05. The molecule has 7 nitrogen and oxygen atoms in total. The van der Waals surface area contributed by atoms with E-state index in [1.807, 2.05) is 24.3 Å². The van der Waals surface area contributed by atoms with Gasteiger partial charge >= 0.3 is 6.03 Å². The number of hydrazine groups is 1. The number of morpholine rings is 1. The third-order valence-corrected chi connectivity index (χ3v) is 3.44. The largest absolute Gasteiger partial charge is 0.378 e. The number of nitrogens with one attached hydrogen (secondary N) is 1. The molecule has 1 aromatic carbocycles. The van der Waals surface area contributed by atoms with E-state index < -0.39 is 0 Å². The summed E-state index contributed by atoms with van der Waals surface area (Å²) in [7, 11) is 0. The Kier molecular flexibility index (Phi) is 7.80. The normalized spacial score (nSPS) is 13.9. The zero-order valence-corrected chi connectivity index (χ0v) is 14.0. The average Bonchev–Trinajstić information content (AvgIpc) is 2.54. The standard InChI is InChI=1S/C15H22N4O3.ClH/c1-12(20)17-10-13-2-4-14(5-3-13)11-19(16)15(21)18-6-8-22-9-7-18;/h2-5H,6-11,16H2,1H3,(H,17,20);1H. The molecule has 0 aliphatic carbocycles. The van der Waals surface area contributed by atoms with Gasteiger partial charge in [-0.05, 0) is 11.1 Å². The summed E-state index contributed by atoms with van der Waals surface area (Å²) in [6.07, 6.45) is 0. The minimum atomic E-state index is -0.189. The Morgan fingerprint density at radius 1 is 1.22 bits per heavy atom. The number of rotatable bonds is 4. The Hall–Kier alpha value is -1.83. The highest BCUT2D eigenvalue weighted by atomic mass is 35.5. The lowest BCUT2D eigenvalue weighted by Crippen LogP contribution is -2.50. The Labute approximate surface area is 142 Å². The Morgan fingerprint density at radius 2 is 1.78 bits per heavy atom. The van der Waals surface area contributed by atoms with Crippen molar-refractivity contribution in [1.29, 1.82) is 0 Å². The van der Waals surface area contributed by atoms with Crippen LogP contribution >= 0.6 is 12.4 Å². The highest BCUT2D eigenvalue weighted by Crippen LogP contribution is 2.08. The molecule has 1 heterocycles. The molecule has 1 fully saturated rings. The van der Waals surface area contributed by atoms with Gasteiger partial charge in [-0.1, -0.05) is 24.3 Å². The summed E-state index contributed by atoms with van der Waals surface area (Å²) in [5.74, 6) is 5.80. The molecule has 2 rings (SSSR count). The number of carbonyl (C=O) groups excluding carboxylic acids is 2. The van der Waals surface area contributed by atoms with E-state index in [-0.39, 0.29) is 24.3 Å². The minimum absolute atomic E-state index is 0. The number of benzene rings is 1. The molecule has 1 saturated heterocycles. The van der Waals surface area contributed by atoms with Gasteiger partial charge < -0.3 is 15.0 Å². The molecular weight excluding hydrogens is 320 g/mol. The SMILES string of the molecule is CC(=O)NCc1ccc(CN(N)C(=O)N2CCOCC2)cc1.Cl. The first-order valence-electron chi connectivity index (χ1n) is 7.27. The summed E-state index contributed by atoms with van der Waals surface area (Å²) in [6, 6.07) is 7.45. The summed E-state index contributed by atoms with van der Waals surface area (Å²) >= 11 is 0. The first-order valence-corrected chi connectivity index (χ1v) is 7.27. The Balaban J connectivity index is 0.00000264. The number of ether oxygens (including phenoxy) is 1. The predicted octanol–water partition coefficient (Wildman–Crippen LogP) is 0.872. The van der Waals surface area contributed by atoms with Crippen LogP contribution in [-0.4, -0.2) is 48.2 Å². The quantitative estimate of drug-likeness (QED) is 0.483. The van der Waals surface area contributed by atoms with Gasteiger partial charge in [-0.15, -0.1) is 12.4 Å². The lowest BCUT2D eigenvalue weighted by molar-refractivity contribution is -0.119. The number of halogens is 1. The number of hydrogen-bond acceptors (Lipinski definition) is 4. The fraction of sp³-hybridized carbons (Fsp3) is 0.467. The summed E-state index contributed by atoms with van der Waals surface area (Å²) in [5.41, 5.74) is 1.94. The lowest BCUT2D eigenvalue weighted by atomic mass is 10.1. The molecule has 0 radical (unpaired) electrons. The van der Waals surface area contributed by atoms with Crippen LogP contribution in [0.15, 0.2) is 24.3 Å². The summed E-state index contributed by atoms with van der Waals surface area (Å²) in [6.45, 7) is 4.57. The fourth-order valence-electron chi connectivity index (χ4n) is 2.19. The fourth-order valence-corrected chi connectivity index (χ4v) is 2.19. The van der Waals surface area contributed by atoms with Gasteiger partial charge in [-0.2, -0.15) is 0 Å². The van der Waals surface area contributed by atoms with Crippen molar-refractivity contribution in [2.45, 2.75) is 20.0 Å². The maximum absolute atomic E-state index is 12.2. The molecule has 1 aliphatic rings. The van der Waals surface area contributed by atoms with Gasteiger partial charge in [-0.25, -0.2) is 10.6 Å². The molecule has 0 aromatic heterocycles. The molecule has 3 amide bonds. The number of nitrogens with zero attached hydrogens (tertiary/aromatic N) is 2. The topological polar surface area (TPSA) is 87.9 Å². The molecule has 23 heavy (non-hydrogen) atoms. The van der Waals surface area contributed by atoms with Crippen LogP contribution in [0.4, 0.5) is 4.79 Å². The number of nitrogens with two attached hydrogens (primary N) is 1. The van der Waals surface area contributed by atoms with Crippen LogP contribution < -0.4 is 11.2 Å². The second-order valence-corrected chi connectivity index (χ2v) is 5.24. The van der Waals surface area contributed by atoms with E-state index >= 15 is 0 Å². The van der Waals surface area contributed by atoms with E-state index in [0.29, 0.717) is 39.4 Å². The Bertz CT molecular complexity index is 518. The van der Waals surface area contributed by atoms with Crippen LogP contribution in [-0.2, 0) is 22.6 Å². The van der Waals surface area contributed by atoms with Gasteiger partial charge in [0.1, 0.15) is 0 Å². The van der Waals surface area contributed by atoms with Crippen molar-refractivity contribution in [2.24, 2.45) is 5.84 Å². The van der Waals surface area contributed by atoms with E-state index in [2.05, 4.69) is 5.32 Å². The molecular formula is C15H23ClN4O3. The number of carbonyl (C=O) groups is 2. The van der Waals surface area contributed by atoms with Gasteiger partial charge in [0, 0.05) is 26.6 Å². The summed E-state index contributed by atoms with van der Waals surface area (Å²) in [4.78, 5) is 24.7. The summed E-state index contributed by atoms with van der Waals surface area (Å²) in [5, 5.41) is 3.95. The molecule has 0 atom stereocenters. The van der Waals surface area contributed by atoms with E-state index in [1.165, 1.54) is 11.9 Å². The Morgan fingerprint density at radius 3 is 2.35 bits per heavy atom. The number of hydrogen-bond donors (Lipinski definition) is 2. The van der Waals surface area contributed by atoms with Gasteiger partial charge in [-0.3, -0.25) is 9.80 Å². The van der Waals surface area contributed by atoms with Crippen molar-refractivity contribution in [3.8, 4) is 0 Å². The maximum atomic E-state index is 12.2. The lowest BCUT2D eigenvalue weighted by Gasteiger charge is -2.30. The smallest absolute Gasteiger partial charge is 0.334 e. The molecule has 0 bridgehead atoms. The van der Waals surface area contributed by atoms with Crippen molar-refractivity contribution < 1.29 is 14.3 Å².